The number of aliphatic carboxylic acids is 1. The summed E-state index contributed by atoms with van der Waals surface area (Å²) < 4.78 is 0. The number of carboxylic acid groups (broad SMARTS) is 1. The number of rotatable bonds is 10. The predicted octanol–water partition coefficient (Wildman–Crippen LogP) is -0.00920. The maximum atomic E-state index is 12.7. The lowest BCUT2D eigenvalue weighted by atomic mass is 10.0. The van der Waals surface area contributed by atoms with Crippen molar-refractivity contribution in [3.63, 3.8) is 0 Å². The Morgan fingerprint density at radius 2 is 1.76 bits per heavy atom. The monoisotopic (exact) mass is 430 g/mol. The Labute approximate surface area is 177 Å². The van der Waals surface area contributed by atoms with Crippen molar-refractivity contribution >= 4 is 36.3 Å². The van der Waals surface area contributed by atoms with Gasteiger partial charge in [-0.3, -0.25) is 14.4 Å². The SMILES string of the molecule is CC(C)CC(NC(=O)C(CS)NC(=O)C1CCCN1C(=O)C(N)C(C)C)C(=O)O. The van der Waals surface area contributed by atoms with E-state index in [4.69, 9.17) is 5.73 Å². The topological polar surface area (TPSA) is 142 Å². The summed E-state index contributed by atoms with van der Waals surface area (Å²) in [6.07, 6.45) is 1.42. The molecule has 3 amide bonds. The second-order valence-electron chi connectivity index (χ2n) is 8.23. The summed E-state index contributed by atoms with van der Waals surface area (Å²) >= 11 is 4.12. The fourth-order valence-corrected chi connectivity index (χ4v) is 3.46. The highest BCUT2D eigenvalue weighted by atomic mass is 32.1. The van der Waals surface area contributed by atoms with E-state index < -0.39 is 42.0 Å². The minimum atomic E-state index is -1.13. The van der Waals surface area contributed by atoms with Crippen molar-refractivity contribution in [2.24, 2.45) is 17.6 Å². The van der Waals surface area contributed by atoms with E-state index in [9.17, 15) is 24.3 Å². The summed E-state index contributed by atoms with van der Waals surface area (Å²) in [5, 5.41) is 14.4. The van der Waals surface area contributed by atoms with Crippen molar-refractivity contribution < 1.29 is 24.3 Å². The van der Waals surface area contributed by atoms with Gasteiger partial charge in [-0.25, -0.2) is 4.79 Å². The van der Waals surface area contributed by atoms with Crippen molar-refractivity contribution in [1.82, 2.24) is 15.5 Å². The number of amides is 3. The van der Waals surface area contributed by atoms with E-state index in [1.54, 1.807) is 0 Å². The van der Waals surface area contributed by atoms with E-state index in [1.165, 1.54) is 4.90 Å². The highest BCUT2D eigenvalue weighted by molar-refractivity contribution is 7.80. The molecule has 166 valence electrons. The molecule has 5 N–H and O–H groups in total. The molecule has 29 heavy (non-hydrogen) atoms. The van der Waals surface area contributed by atoms with Crippen LogP contribution in [-0.2, 0) is 19.2 Å². The van der Waals surface area contributed by atoms with Crippen LogP contribution in [0.4, 0.5) is 0 Å². The van der Waals surface area contributed by atoms with Crippen LogP contribution in [0.3, 0.4) is 0 Å². The number of nitrogens with one attached hydrogen (secondary N) is 2. The molecule has 1 rings (SSSR count). The average molecular weight is 431 g/mol. The lowest BCUT2D eigenvalue weighted by Gasteiger charge is -2.29. The van der Waals surface area contributed by atoms with E-state index in [1.807, 2.05) is 27.7 Å². The number of likely N-dealkylation sites (tertiary alicyclic amines) is 1. The first kappa shape index (κ1) is 25.2. The van der Waals surface area contributed by atoms with Gasteiger partial charge in [0, 0.05) is 12.3 Å². The lowest BCUT2D eigenvalue weighted by molar-refractivity contribution is -0.143. The Morgan fingerprint density at radius 1 is 1.14 bits per heavy atom. The number of hydrogen-bond acceptors (Lipinski definition) is 6. The summed E-state index contributed by atoms with van der Waals surface area (Å²) in [5.74, 6) is -2.48. The van der Waals surface area contributed by atoms with Gasteiger partial charge in [-0.1, -0.05) is 27.7 Å². The van der Waals surface area contributed by atoms with Gasteiger partial charge >= 0.3 is 5.97 Å². The molecule has 1 aliphatic rings. The van der Waals surface area contributed by atoms with Gasteiger partial charge in [0.05, 0.1) is 6.04 Å². The molecule has 0 saturated carbocycles. The Bertz CT molecular complexity index is 613. The van der Waals surface area contributed by atoms with Crippen LogP contribution >= 0.6 is 12.6 Å². The zero-order valence-corrected chi connectivity index (χ0v) is 18.4. The third-order valence-electron chi connectivity index (χ3n) is 4.98. The second-order valence-corrected chi connectivity index (χ2v) is 8.60. The van der Waals surface area contributed by atoms with Gasteiger partial charge < -0.3 is 26.4 Å². The van der Waals surface area contributed by atoms with Crippen LogP contribution in [0.15, 0.2) is 0 Å². The van der Waals surface area contributed by atoms with Crippen LogP contribution in [-0.4, -0.2) is 70.2 Å². The van der Waals surface area contributed by atoms with Gasteiger partial charge in [0.1, 0.15) is 18.1 Å². The maximum absolute atomic E-state index is 12.7. The maximum Gasteiger partial charge on any atom is 0.326 e. The molecule has 1 heterocycles. The zero-order chi connectivity index (χ0) is 22.3. The summed E-state index contributed by atoms with van der Waals surface area (Å²) in [7, 11) is 0. The zero-order valence-electron chi connectivity index (χ0n) is 17.6. The number of nitrogens with zero attached hydrogens (tertiary/aromatic N) is 1. The number of nitrogens with two attached hydrogens (primary N) is 1. The molecule has 4 atom stereocenters. The molecular weight excluding hydrogens is 396 g/mol. The minimum Gasteiger partial charge on any atom is -0.480 e. The minimum absolute atomic E-state index is 0.00222. The fraction of sp³-hybridized carbons (Fsp3) is 0.789. The second kappa shape index (κ2) is 11.4. The summed E-state index contributed by atoms with van der Waals surface area (Å²) in [5.41, 5.74) is 5.95. The first-order chi connectivity index (χ1) is 13.5. The lowest BCUT2D eigenvalue weighted by Crippen LogP contribution is -2.57. The largest absolute Gasteiger partial charge is 0.480 e. The molecule has 10 heteroatoms. The van der Waals surface area contributed by atoms with Gasteiger partial charge in [-0.2, -0.15) is 12.6 Å². The Balaban J connectivity index is 2.79. The van der Waals surface area contributed by atoms with Gasteiger partial charge in [-0.15, -0.1) is 0 Å². The van der Waals surface area contributed by atoms with Crippen LogP contribution < -0.4 is 16.4 Å². The molecular formula is C19H34N4O5S. The first-order valence-electron chi connectivity index (χ1n) is 10.00. The van der Waals surface area contributed by atoms with E-state index in [2.05, 4.69) is 23.3 Å². The average Bonchev–Trinajstić information content (AvgIpc) is 3.13. The van der Waals surface area contributed by atoms with Crippen LogP contribution in [0.25, 0.3) is 0 Å². The Morgan fingerprint density at radius 3 is 2.24 bits per heavy atom. The van der Waals surface area contributed by atoms with E-state index in [0.29, 0.717) is 19.4 Å². The number of carboxylic acids is 1. The third kappa shape index (κ3) is 7.18. The molecule has 1 aliphatic heterocycles. The predicted molar refractivity (Wildman–Crippen MR) is 112 cm³/mol. The highest BCUT2D eigenvalue weighted by Gasteiger charge is 2.38. The molecule has 0 radical (unpaired) electrons. The van der Waals surface area contributed by atoms with E-state index >= 15 is 0 Å². The number of carbonyl (C=O) groups excluding carboxylic acids is 3. The molecule has 0 aromatic rings. The molecule has 1 fully saturated rings. The fourth-order valence-electron chi connectivity index (χ4n) is 3.21. The molecule has 1 saturated heterocycles. The highest BCUT2D eigenvalue weighted by Crippen LogP contribution is 2.20. The van der Waals surface area contributed by atoms with Gasteiger partial charge in [0.15, 0.2) is 0 Å². The molecule has 0 aromatic heterocycles. The molecule has 0 bridgehead atoms. The third-order valence-corrected chi connectivity index (χ3v) is 5.34. The summed E-state index contributed by atoms with van der Waals surface area (Å²) in [6.45, 7) is 7.82. The molecule has 4 unspecified atom stereocenters. The quantitative estimate of drug-likeness (QED) is 0.309. The summed E-state index contributed by atoms with van der Waals surface area (Å²) in [6, 6.07) is -3.44. The van der Waals surface area contributed by atoms with Crippen LogP contribution in [0, 0.1) is 11.8 Å². The molecule has 0 spiro atoms. The molecule has 9 nitrogen and oxygen atoms in total. The number of hydrogen-bond donors (Lipinski definition) is 5. The smallest absolute Gasteiger partial charge is 0.326 e. The van der Waals surface area contributed by atoms with Gasteiger partial charge in [-0.05, 0) is 31.1 Å². The Kier molecular flexibility index (Phi) is 9.91. The first-order valence-corrected chi connectivity index (χ1v) is 10.6. The summed E-state index contributed by atoms with van der Waals surface area (Å²) in [4.78, 5) is 50.7. The van der Waals surface area contributed by atoms with Crippen LogP contribution in [0.2, 0.25) is 0 Å². The van der Waals surface area contributed by atoms with Gasteiger partial charge in [0.25, 0.3) is 0 Å². The number of thiol groups is 1. The normalized spacial score (nSPS) is 19.7. The van der Waals surface area contributed by atoms with Gasteiger partial charge in [0.2, 0.25) is 17.7 Å². The van der Waals surface area contributed by atoms with E-state index in [0.717, 1.165) is 0 Å². The standard InChI is InChI=1S/C19H34N4O5S/c1-10(2)8-12(19(27)28)21-16(24)13(9-29)22-17(25)14-6-5-7-23(14)18(26)15(20)11(3)4/h10-15,29H,5-9,20H2,1-4H3,(H,21,24)(H,22,25)(H,27,28). The van der Waals surface area contributed by atoms with Crippen LogP contribution in [0.5, 0.6) is 0 Å². The molecule has 0 aliphatic carbocycles. The van der Waals surface area contributed by atoms with Crippen LogP contribution in [0.1, 0.15) is 47.0 Å². The van der Waals surface area contributed by atoms with Crippen molar-refractivity contribution in [2.75, 3.05) is 12.3 Å². The van der Waals surface area contributed by atoms with Crippen molar-refractivity contribution in [3.8, 4) is 0 Å². The van der Waals surface area contributed by atoms with Crippen molar-refractivity contribution in [3.05, 3.63) is 0 Å². The molecule has 0 aromatic carbocycles. The van der Waals surface area contributed by atoms with Crippen molar-refractivity contribution in [2.45, 2.75) is 71.1 Å². The number of carbonyl (C=O) groups is 4. The Hall–Kier alpha value is -1.81. The van der Waals surface area contributed by atoms with E-state index in [-0.39, 0.29) is 29.9 Å². The van der Waals surface area contributed by atoms with Crippen molar-refractivity contribution in [1.29, 1.82) is 0 Å².